The summed E-state index contributed by atoms with van der Waals surface area (Å²) in [5, 5.41) is 6.41. The second kappa shape index (κ2) is 6.99. The molecule has 1 aromatic carbocycles. The maximum Gasteiger partial charge on any atom is 0.291 e. The van der Waals surface area contributed by atoms with Crippen LogP contribution in [0.4, 0.5) is 5.69 Å². The maximum atomic E-state index is 12.8. The lowest BCUT2D eigenvalue weighted by Gasteiger charge is -2.08. The van der Waals surface area contributed by atoms with Crippen LogP contribution in [0.2, 0.25) is 0 Å². The topological polar surface area (TPSA) is 93.3 Å². The third-order valence-electron chi connectivity index (χ3n) is 5.14. The van der Waals surface area contributed by atoms with Crippen molar-refractivity contribution < 1.29 is 18.8 Å². The number of fused-ring (bicyclic) bond motifs is 2. The van der Waals surface area contributed by atoms with Crippen molar-refractivity contribution in [3.63, 3.8) is 0 Å². The molecule has 0 radical (unpaired) electrons. The van der Waals surface area contributed by atoms with Gasteiger partial charge in [0.15, 0.2) is 11.5 Å². The van der Waals surface area contributed by atoms with Crippen LogP contribution in [0.15, 0.2) is 34.9 Å². The molecule has 0 bridgehead atoms. The molecule has 4 rings (SSSR count). The highest BCUT2D eigenvalue weighted by molar-refractivity contribution is 6.08. The minimum absolute atomic E-state index is 0.0370. The number of carbonyl (C=O) groups is 3. The molecule has 3 aromatic rings. The number of aromatic nitrogens is 1. The fraction of sp³-hybridized carbons (Fsp3) is 0.286. The molecule has 0 unspecified atom stereocenters. The van der Waals surface area contributed by atoms with Crippen LogP contribution in [0.5, 0.6) is 0 Å². The molecule has 0 saturated carbocycles. The molecule has 1 aliphatic carbocycles. The molecule has 7 nitrogen and oxygen atoms in total. The molecule has 7 heteroatoms. The summed E-state index contributed by atoms with van der Waals surface area (Å²) < 4.78 is 7.53. The van der Waals surface area contributed by atoms with Gasteiger partial charge in [-0.05, 0) is 36.9 Å². The maximum absolute atomic E-state index is 12.8. The van der Waals surface area contributed by atoms with Crippen LogP contribution in [0.3, 0.4) is 0 Å². The van der Waals surface area contributed by atoms with Gasteiger partial charge in [-0.25, -0.2) is 0 Å². The molecule has 2 amide bonds. The zero-order valence-electron chi connectivity index (χ0n) is 15.8. The Labute approximate surface area is 161 Å². The molecule has 0 spiro atoms. The van der Waals surface area contributed by atoms with Gasteiger partial charge in [0.05, 0.1) is 11.1 Å². The van der Waals surface area contributed by atoms with E-state index in [9.17, 15) is 14.4 Å². The molecular weight excluding hydrogens is 358 g/mol. The fourth-order valence-electron chi connectivity index (χ4n) is 3.69. The predicted octanol–water partition coefficient (Wildman–Crippen LogP) is 3.06. The van der Waals surface area contributed by atoms with E-state index in [1.165, 1.54) is 0 Å². The van der Waals surface area contributed by atoms with E-state index in [-0.39, 0.29) is 29.9 Å². The summed E-state index contributed by atoms with van der Waals surface area (Å²) >= 11 is 0. The van der Waals surface area contributed by atoms with Crippen LogP contribution in [0.1, 0.15) is 45.1 Å². The molecule has 2 N–H and O–H groups in total. The van der Waals surface area contributed by atoms with E-state index < -0.39 is 0 Å². The van der Waals surface area contributed by atoms with Crippen LogP contribution in [-0.4, -0.2) is 29.2 Å². The Hall–Kier alpha value is -3.35. The van der Waals surface area contributed by atoms with Crippen molar-refractivity contribution in [3.05, 3.63) is 53.1 Å². The number of hydrogen-bond donors (Lipinski definition) is 2. The third-order valence-corrected chi connectivity index (χ3v) is 5.14. The van der Waals surface area contributed by atoms with E-state index in [0.29, 0.717) is 35.4 Å². The van der Waals surface area contributed by atoms with Crippen LogP contribution in [0, 0.1) is 6.92 Å². The normalized spacial score (nSPS) is 13.4. The lowest BCUT2D eigenvalue weighted by molar-refractivity contribution is -0.121. The SMILES string of the molecule is CNC(=O)Cn1ccc2ccc(NC(=O)c3oc4c(c3C)C(=O)CCC4)cc21. The highest BCUT2D eigenvalue weighted by atomic mass is 16.4. The Morgan fingerprint density at radius 2 is 2.04 bits per heavy atom. The van der Waals surface area contributed by atoms with Gasteiger partial charge in [0.25, 0.3) is 5.91 Å². The molecule has 0 fully saturated rings. The summed E-state index contributed by atoms with van der Waals surface area (Å²) in [4.78, 5) is 36.6. The minimum Gasteiger partial charge on any atom is -0.455 e. The van der Waals surface area contributed by atoms with Gasteiger partial charge in [0, 0.05) is 37.3 Å². The van der Waals surface area contributed by atoms with Crippen molar-refractivity contribution in [3.8, 4) is 0 Å². The number of furan rings is 1. The zero-order chi connectivity index (χ0) is 19.8. The van der Waals surface area contributed by atoms with E-state index in [4.69, 9.17) is 4.42 Å². The minimum atomic E-state index is -0.386. The average Bonchev–Trinajstić information content (AvgIpc) is 3.23. The Morgan fingerprint density at radius 3 is 2.79 bits per heavy atom. The molecule has 0 saturated heterocycles. The van der Waals surface area contributed by atoms with Gasteiger partial charge < -0.3 is 19.6 Å². The summed E-state index contributed by atoms with van der Waals surface area (Å²) in [7, 11) is 1.59. The van der Waals surface area contributed by atoms with Crippen LogP contribution in [-0.2, 0) is 17.8 Å². The number of amides is 2. The number of likely N-dealkylation sites (N-methyl/N-ethyl adjacent to an activating group) is 1. The average molecular weight is 379 g/mol. The Bertz CT molecular complexity index is 1110. The van der Waals surface area contributed by atoms with Crippen molar-refractivity contribution in [2.75, 3.05) is 12.4 Å². The number of Topliss-reactive ketones (excluding diaryl/α,β-unsaturated/α-hetero) is 1. The Kier molecular flexibility index (Phi) is 4.50. The van der Waals surface area contributed by atoms with Crippen LogP contribution >= 0.6 is 0 Å². The first-order valence-corrected chi connectivity index (χ1v) is 9.24. The van der Waals surface area contributed by atoms with Crippen molar-refractivity contribution in [1.82, 2.24) is 9.88 Å². The number of nitrogens with zero attached hydrogens (tertiary/aromatic N) is 1. The monoisotopic (exact) mass is 379 g/mol. The summed E-state index contributed by atoms with van der Waals surface area (Å²) in [5.41, 5.74) is 2.59. The number of hydrogen-bond acceptors (Lipinski definition) is 4. The second-order valence-electron chi connectivity index (χ2n) is 6.98. The van der Waals surface area contributed by atoms with Gasteiger partial charge in [0.1, 0.15) is 12.3 Å². The van der Waals surface area contributed by atoms with Gasteiger partial charge in [-0.2, -0.15) is 0 Å². The highest BCUT2D eigenvalue weighted by Gasteiger charge is 2.28. The number of rotatable bonds is 4. The van der Waals surface area contributed by atoms with Crippen molar-refractivity contribution in [1.29, 1.82) is 0 Å². The quantitative estimate of drug-likeness (QED) is 0.729. The standard InChI is InChI=1S/C21H21N3O4/c1-12-19-16(25)4-3-5-17(19)28-20(12)21(27)23-14-7-6-13-8-9-24(15(13)10-14)11-18(26)22-2/h6-10H,3-5,11H2,1-2H3,(H,22,26)(H,23,27). The first kappa shape index (κ1) is 18.0. The van der Waals surface area contributed by atoms with Crippen molar-refractivity contribution >= 4 is 34.2 Å². The van der Waals surface area contributed by atoms with E-state index in [1.54, 1.807) is 20.0 Å². The summed E-state index contributed by atoms with van der Waals surface area (Å²) in [6.07, 6.45) is 3.75. The van der Waals surface area contributed by atoms with Crippen molar-refractivity contribution in [2.24, 2.45) is 0 Å². The van der Waals surface area contributed by atoms with E-state index in [0.717, 1.165) is 17.3 Å². The first-order chi connectivity index (χ1) is 13.5. The molecule has 144 valence electrons. The van der Waals surface area contributed by atoms with Gasteiger partial charge in [-0.3, -0.25) is 14.4 Å². The largest absolute Gasteiger partial charge is 0.455 e. The molecule has 0 aliphatic heterocycles. The zero-order valence-corrected chi connectivity index (χ0v) is 15.8. The van der Waals surface area contributed by atoms with E-state index in [2.05, 4.69) is 10.6 Å². The molecule has 1 aliphatic rings. The van der Waals surface area contributed by atoms with E-state index >= 15 is 0 Å². The van der Waals surface area contributed by atoms with Crippen LogP contribution in [0.25, 0.3) is 10.9 Å². The number of anilines is 1. The lowest BCUT2D eigenvalue weighted by atomic mass is 9.94. The molecule has 0 atom stereocenters. The van der Waals surface area contributed by atoms with Gasteiger partial charge in [0.2, 0.25) is 5.91 Å². The van der Waals surface area contributed by atoms with E-state index in [1.807, 2.05) is 29.0 Å². The highest BCUT2D eigenvalue weighted by Crippen LogP contribution is 2.30. The Morgan fingerprint density at radius 1 is 1.21 bits per heavy atom. The second-order valence-corrected chi connectivity index (χ2v) is 6.98. The Balaban J connectivity index is 1.61. The molecule has 2 aromatic heterocycles. The van der Waals surface area contributed by atoms with Gasteiger partial charge >= 0.3 is 0 Å². The number of aryl methyl sites for hydroxylation is 1. The number of carbonyl (C=O) groups excluding carboxylic acids is 3. The summed E-state index contributed by atoms with van der Waals surface area (Å²) in [6, 6.07) is 7.42. The van der Waals surface area contributed by atoms with Gasteiger partial charge in [-0.1, -0.05) is 6.07 Å². The first-order valence-electron chi connectivity index (χ1n) is 9.24. The molecular formula is C21H21N3O4. The smallest absolute Gasteiger partial charge is 0.291 e. The lowest BCUT2D eigenvalue weighted by Crippen LogP contribution is -2.23. The molecule has 28 heavy (non-hydrogen) atoms. The number of benzene rings is 1. The third kappa shape index (κ3) is 3.09. The van der Waals surface area contributed by atoms with Crippen LogP contribution < -0.4 is 10.6 Å². The van der Waals surface area contributed by atoms with Crippen molar-refractivity contribution in [2.45, 2.75) is 32.7 Å². The summed E-state index contributed by atoms with van der Waals surface area (Å²) in [5.74, 6) is 0.335. The molecule has 2 heterocycles. The van der Waals surface area contributed by atoms with Gasteiger partial charge in [-0.15, -0.1) is 0 Å². The fourth-order valence-corrected chi connectivity index (χ4v) is 3.69. The predicted molar refractivity (Wildman–Crippen MR) is 105 cm³/mol. The summed E-state index contributed by atoms with van der Waals surface area (Å²) in [6.45, 7) is 1.95. The number of nitrogens with one attached hydrogen (secondary N) is 2. The number of ketones is 1.